The van der Waals surface area contributed by atoms with Gasteiger partial charge in [-0.1, -0.05) is 5.92 Å². The predicted octanol–water partition coefficient (Wildman–Crippen LogP) is 0.201. The standard InChI is InChI=1S/C8H10N2.CH3NO/c1-4-5-8-7(2)6-10(3)9-8;2-1-3/h6H,1-3H3;1H,(H2,2,3). The molecule has 0 saturated carbocycles. The minimum atomic E-state index is 0.250. The van der Waals surface area contributed by atoms with Gasteiger partial charge >= 0.3 is 0 Å². The van der Waals surface area contributed by atoms with Crippen LogP contribution in [0.5, 0.6) is 0 Å². The van der Waals surface area contributed by atoms with Gasteiger partial charge in [-0.2, -0.15) is 5.10 Å². The Hall–Kier alpha value is -1.76. The van der Waals surface area contributed by atoms with Gasteiger partial charge < -0.3 is 5.73 Å². The third-order valence-corrected chi connectivity index (χ3v) is 1.26. The van der Waals surface area contributed by atoms with Crippen molar-refractivity contribution >= 4 is 6.41 Å². The molecule has 0 saturated heterocycles. The zero-order valence-electron chi connectivity index (χ0n) is 8.03. The van der Waals surface area contributed by atoms with Crippen molar-refractivity contribution in [1.29, 1.82) is 0 Å². The molecule has 0 aliphatic rings. The molecule has 1 rings (SSSR count). The molecule has 1 aromatic heterocycles. The summed E-state index contributed by atoms with van der Waals surface area (Å²) in [6.07, 6.45) is 2.21. The van der Waals surface area contributed by atoms with Crippen LogP contribution in [0.2, 0.25) is 0 Å². The van der Waals surface area contributed by atoms with E-state index in [-0.39, 0.29) is 6.41 Å². The molecule has 0 spiro atoms. The van der Waals surface area contributed by atoms with Crippen LogP contribution in [-0.2, 0) is 11.8 Å². The van der Waals surface area contributed by atoms with Gasteiger partial charge in [-0.15, -0.1) is 0 Å². The van der Waals surface area contributed by atoms with Gasteiger partial charge in [-0.25, -0.2) is 0 Å². The minimum absolute atomic E-state index is 0.250. The number of carbonyl (C=O) groups is 1. The molecule has 1 heterocycles. The van der Waals surface area contributed by atoms with Crippen LogP contribution in [0.1, 0.15) is 18.2 Å². The van der Waals surface area contributed by atoms with Gasteiger partial charge in [-0.3, -0.25) is 9.48 Å². The molecule has 0 bridgehead atoms. The molecule has 2 N–H and O–H groups in total. The van der Waals surface area contributed by atoms with Crippen molar-refractivity contribution in [3.05, 3.63) is 17.5 Å². The Morgan fingerprint density at radius 2 is 2.23 bits per heavy atom. The van der Waals surface area contributed by atoms with E-state index >= 15 is 0 Å². The van der Waals surface area contributed by atoms with E-state index in [1.807, 2.05) is 27.1 Å². The highest BCUT2D eigenvalue weighted by Gasteiger charge is 1.96. The number of hydrogen-bond acceptors (Lipinski definition) is 2. The van der Waals surface area contributed by atoms with Crippen molar-refractivity contribution < 1.29 is 4.79 Å². The summed E-state index contributed by atoms with van der Waals surface area (Å²) in [4.78, 5) is 8.58. The smallest absolute Gasteiger partial charge is 0.204 e. The Labute approximate surface area is 77.7 Å². The maximum Gasteiger partial charge on any atom is 0.204 e. The summed E-state index contributed by atoms with van der Waals surface area (Å²) in [5.74, 6) is 5.73. The highest BCUT2D eigenvalue weighted by molar-refractivity contribution is 5.42. The van der Waals surface area contributed by atoms with E-state index in [9.17, 15) is 0 Å². The first-order valence-corrected chi connectivity index (χ1v) is 3.74. The van der Waals surface area contributed by atoms with Crippen LogP contribution in [0.4, 0.5) is 0 Å². The molecule has 1 amide bonds. The summed E-state index contributed by atoms with van der Waals surface area (Å²) in [6.45, 7) is 3.82. The maximum absolute atomic E-state index is 8.58. The summed E-state index contributed by atoms with van der Waals surface area (Å²) in [5.41, 5.74) is 6.18. The fraction of sp³-hybridized carbons (Fsp3) is 0.333. The Bertz CT molecular complexity index is 330. The van der Waals surface area contributed by atoms with Crippen LogP contribution in [0.25, 0.3) is 0 Å². The predicted molar refractivity (Wildman–Crippen MR) is 50.7 cm³/mol. The maximum atomic E-state index is 8.58. The first-order chi connectivity index (χ1) is 6.15. The zero-order chi connectivity index (χ0) is 10.3. The number of carbonyl (C=O) groups excluding carboxylic acids is 1. The molecule has 0 radical (unpaired) electrons. The van der Waals surface area contributed by atoms with E-state index in [4.69, 9.17) is 4.79 Å². The van der Waals surface area contributed by atoms with Crippen LogP contribution >= 0.6 is 0 Å². The Morgan fingerprint density at radius 1 is 1.69 bits per heavy atom. The number of hydrogen-bond donors (Lipinski definition) is 1. The fourth-order valence-electron chi connectivity index (χ4n) is 0.849. The first-order valence-electron chi connectivity index (χ1n) is 3.74. The lowest BCUT2D eigenvalue weighted by molar-refractivity contribution is -0.106. The van der Waals surface area contributed by atoms with Gasteiger partial charge in [0.25, 0.3) is 0 Å². The second-order valence-electron chi connectivity index (χ2n) is 2.35. The Kier molecular flexibility index (Phi) is 5.05. The molecule has 13 heavy (non-hydrogen) atoms. The van der Waals surface area contributed by atoms with E-state index < -0.39 is 0 Å². The summed E-state index contributed by atoms with van der Waals surface area (Å²) in [5, 5.41) is 4.14. The molecular formula is C9H13N3O. The highest BCUT2D eigenvalue weighted by atomic mass is 16.1. The van der Waals surface area contributed by atoms with Gasteiger partial charge in [0.1, 0.15) is 5.69 Å². The van der Waals surface area contributed by atoms with Crippen molar-refractivity contribution in [2.45, 2.75) is 13.8 Å². The van der Waals surface area contributed by atoms with E-state index in [0.717, 1.165) is 11.3 Å². The van der Waals surface area contributed by atoms with Crippen molar-refractivity contribution in [1.82, 2.24) is 9.78 Å². The molecule has 0 atom stereocenters. The molecule has 70 valence electrons. The second kappa shape index (κ2) is 5.84. The number of aryl methyl sites for hydroxylation is 2. The SMILES string of the molecule is CC#Cc1nn(C)cc1C.NC=O. The second-order valence-corrected chi connectivity index (χ2v) is 2.35. The number of amides is 1. The molecule has 0 aliphatic heterocycles. The quantitative estimate of drug-likeness (QED) is 0.457. The highest BCUT2D eigenvalue weighted by Crippen LogP contribution is 2.00. The van der Waals surface area contributed by atoms with Gasteiger partial charge in [0, 0.05) is 18.8 Å². The van der Waals surface area contributed by atoms with E-state index in [1.54, 1.807) is 4.68 Å². The fourth-order valence-corrected chi connectivity index (χ4v) is 0.849. The summed E-state index contributed by atoms with van der Waals surface area (Å²) in [7, 11) is 1.90. The zero-order valence-corrected chi connectivity index (χ0v) is 8.03. The van der Waals surface area contributed by atoms with Crippen molar-refractivity contribution in [2.24, 2.45) is 12.8 Å². The number of nitrogens with zero attached hydrogens (tertiary/aromatic N) is 2. The lowest BCUT2D eigenvalue weighted by Crippen LogP contribution is -1.86. The van der Waals surface area contributed by atoms with Crippen LogP contribution in [0.3, 0.4) is 0 Å². The molecule has 4 nitrogen and oxygen atoms in total. The van der Waals surface area contributed by atoms with Crippen LogP contribution in [0.15, 0.2) is 6.20 Å². The van der Waals surface area contributed by atoms with Crippen molar-refractivity contribution in [3.8, 4) is 11.8 Å². The molecule has 0 aromatic carbocycles. The summed E-state index contributed by atoms with van der Waals surface area (Å²) in [6, 6.07) is 0. The van der Waals surface area contributed by atoms with Crippen LogP contribution in [-0.4, -0.2) is 16.2 Å². The Balaban J connectivity index is 0.000000424. The number of primary amides is 1. The van der Waals surface area contributed by atoms with Gasteiger partial charge in [0.05, 0.1) is 0 Å². The van der Waals surface area contributed by atoms with Crippen molar-refractivity contribution in [2.75, 3.05) is 0 Å². The Morgan fingerprint density at radius 3 is 2.54 bits per heavy atom. The van der Waals surface area contributed by atoms with E-state index in [2.05, 4.69) is 22.7 Å². The topological polar surface area (TPSA) is 60.9 Å². The van der Waals surface area contributed by atoms with E-state index in [1.165, 1.54) is 0 Å². The third-order valence-electron chi connectivity index (χ3n) is 1.26. The molecule has 0 fully saturated rings. The third kappa shape index (κ3) is 3.97. The molecular weight excluding hydrogens is 166 g/mol. The number of rotatable bonds is 0. The largest absolute Gasteiger partial charge is 0.372 e. The van der Waals surface area contributed by atoms with Crippen LogP contribution < -0.4 is 5.73 Å². The number of nitrogens with two attached hydrogens (primary N) is 1. The lowest BCUT2D eigenvalue weighted by atomic mass is 10.3. The van der Waals surface area contributed by atoms with Crippen molar-refractivity contribution in [3.63, 3.8) is 0 Å². The van der Waals surface area contributed by atoms with Gasteiger partial charge in [0.2, 0.25) is 6.41 Å². The van der Waals surface area contributed by atoms with Crippen LogP contribution in [0, 0.1) is 18.8 Å². The average molecular weight is 179 g/mol. The van der Waals surface area contributed by atoms with Gasteiger partial charge in [-0.05, 0) is 19.8 Å². The minimum Gasteiger partial charge on any atom is -0.372 e. The summed E-state index contributed by atoms with van der Waals surface area (Å²) >= 11 is 0. The monoisotopic (exact) mass is 179 g/mol. The first kappa shape index (κ1) is 11.2. The average Bonchev–Trinajstić information content (AvgIpc) is 2.33. The van der Waals surface area contributed by atoms with E-state index in [0.29, 0.717) is 0 Å². The lowest BCUT2D eigenvalue weighted by Gasteiger charge is -1.80. The molecule has 0 unspecified atom stereocenters. The molecule has 1 aromatic rings. The normalized spacial score (nSPS) is 7.62. The summed E-state index contributed by atoms with van der Waals surface area (Å²) < 4.78 is 1.77. The molecule has 0 aliphatic carbocycles. The molecule has 4 heteroatoms. The van der Waals surface area contributed by atoms with Gasteiger partial charge in [0.15, 0.2) is 0 Å². The number of aromatic nitrogens is 2.